The van der Waals surface area contributed by atoms with Crippen LogP contribution in [-0.4, -0.2) is 26.9 Å². The van der Waals surface area contributed by atoms with Crippen molar-refractivity contribution in [2.45, 2.75) is 45.5 Å². The first kappa shape index (κ1) is 36.7. The number of fused-ring (bicyclic) bond motifs is 3. The molecule has 8 aromatic rings. The highest BCUT2D eigenvalue weighted by atomic mass is 19.4. The molecule has 0 radical (unpaired) electrons. The number of hydrogen-bond acceptors (Lipinski definition) is 2. The third-order valence-corrected chi connectivity index (χ3v) is 10.5. The maximum Gasteiger partial charge on any atom is 0.411 e. The maximum absolute atomic E-state index is 15.4. The Morgan fingerprint density at radius 2 is 0.857 bits per heavy atom. The SMILES string of the molecule is Cc1cc(C)c2c(c1)c1cc(C)cc(C)c1n2-c1ccc(C(c2ccc(-c3cc(-c4ccccc4)nc(-c4ccccc4)n3)cc2)(C(F)(F)F)C(F)(F)F)cc1. The van der Waals surface area contributed by atoms with Crippen molar-refractivity contribution in [2.24, 2.45) is 0 Å². The highest BCUT2D eigenvalue weighted by molar-refractivity contribution is 6.11. The van der Waals surface area contributed by atoms with Crippen LogP contribution in [0.1, 0.15) is 33.4 Å². The monoisotopic (exact) mass is 755 g/mol. The Balaban J connectivity index is 1.27. The first-order valence-corrected chi connectivity index (χ1v) is 18.0. The second kappa shape index (κ2) is 13.5. The van der Waals surface area contributed by atoms with Crippen LogP contribution in [-0.2, 0) is 5.41 Å². The molecule has 0 aliphatic rings. The third-order valence-electron chi connectivity index (χ3n) is 10.5. The predicted molar refractivity (Wildman–Crippen MR) is 211 cm³/mol. The van der Waals surface area contributed by atoms with Gasteiger partial charge in [0.2, 0.25) is 5.41 Å². The van der Waals surface area contributed by atoms with Crippen LogP contribution in [0.2, 0.25) is 0 Å². The summed E-state index contributed by atoms with van der Waals surface area (Å²) in [7, 11) is 0. The molecule has 0 saturated heterocycles. The van der Waals surface area contributed by atoms with E-state index >= 15 is 26.3 Å². The highest BCUT2D eigenvalue weighted by Crippen LogP contribution is 2.56. The van der Waals surface area contributed by atoms with E-state index in [4.69, 9.17) is 4.98 Å². The number of halogens is 6. The molecule has 3 nitrogen and oxygen atoms in total. The normalized spacial score (nSPS) is 12.5. The zero-order valence-electron chi connectivity index (χ0n) is 30.9. The van der Waals surface area contributed by atoms with Gasteiger partial charge in [0.05, 0.1) is 22.4 Å². The molecule has 2 aromatic heterocycles. The standard InChI is InChI=1S/C47H35F6N3/c1-28-23-30(3)42-38(25-28)39-26-29(2)24-31(4)43(39)56(42)37-21-19-36(20-22-37)45(46(48,49)50,47(51,52)53)35-17-15-33(16-18-35)41-27-40(32-11-7-5-8-12-32)54-44(55-41)34-13-9-6-10-14-34/h5-27H,1-4H3. The molecule has 2 heterocycles. The Morgan fingerprint density at radius 1 is 0.446 bits per heavy atom. The minimum Gasteiger partial charge on any atom is -0.309 e. The zero-order valence-corrected chi connectivity index (χ0v) is 30.9. The lowest BCUT2D eigenvalue weighted by atomic mass is 9.72. The minimum atomic E-state index is -5.75. The van der Waals surface area contributed by atoms with Gasteiger partial charge in [-0.05, 0) is 80.3 Å². The van der Waals surface area contributed by atoms with E-state index in [2.05, 4.69) is 17.1 Å². The van der Waals surface area contributed by atoms with Gasteiger partial charge in [-0.1, -0.05) is 120 Å². The fraction of sp³-hybridized carbons (Fsp3) is 0.149. The topological polar surface area (TPSA) is 30.7 Å². The van der Waals surface area contributed by atoms with Crippen molar-refractivity contribution >= 4 is 21.8 Å². The third kappa shape index (κ3) is 6.02. The molecular formula is C47H35F6N3. The van der Waals surface area contributed by atoms with Gasteiger partial charge >= 0.3 is 12.4 Å². The number of alkyl halides is 6. The summed E-state index contributed by atoms with van der Waals surface area (Å²) in [6.45, 7) is 7.89. The second-order valence-electron chi connectivity index (χ2n) is 14.4. The number of hydrogen-bond donors (Lipinski definition) is 0. The van der Waals surface area contributed by atoms with Crippen molar-refractivity contribution in [1.29, 1.82) is 0 Å². The van der Waals surface area contributed by atoms with Gasteiger partial charge in [0.25, 0.3) is 0 Å². The van der Waals surface area contributed by atoms with Crippen molar-refractivity contribution in [3.63, 3.8) is 0 Å². The molecule has 8 rings (SSSR count). The van der Waals surface area contributed by atoms with Crippen LogP contribution in [0.15, 0.2) is 140 Å². The largest absolute Gasteiger partial charge is 0.411 e. The molecule has 56 heavy (non-hydrogen) atoms. The van der Waals surface area contributed by atoms with Crippen LogP contribution in [0.3, 0.4) is 0 Å². The smallest absolute Gasteiger partial charge is 0.309 e. The van der Waals surface area contributed by atoms with Crippen LogP contribution < -0.4 is 0 Å². The van der Waals surface area contributed by atoms with E-state index in [1.165, 1.54) is 24.3 Å². The lowest BCUT2D eigenvalue weighted by Crippen LogP contribution is -2.54. The van der Waals surface area contributed by atoms with E-state index in [0.717, 1.165) is 73.9 Å². The summed E-state index contributed by atoms with van der Waals surface area (Å²) in [6.07, 6.45) is -11.5. The Bertz CT molecular complexity index is 2590. The molecule has 0 atom stereocenters. The number of benzene rings is 6. The van der Waals surface area contributed by atoms with Gasteiger partial charge in [-0.2, -0.15) is 26.3 Å². The molecule has 6 aromatic carbocycles. The summed E-state index contributed by atoms with van der Waals surface area (Å²) in [5.74, 6) is 0.366. The first-order valence-electron chi connectivity index (χ1n) is 18.0. The second-order valence-corrected chi connectivity index (χ2v) is 14.4. The molecule has 0 fully saturated rings. The molecule has 280 valence electrons. The minimum absolute atomic E-state index is 0.335. The first-order chi connectivity index (χ1) is 26.7. The molecule has 0 amide bonds. The molecule has 0 N–H and O–H groups in total. The summed E-state index contributed by atoms with van der Waals surface area (Å²) >= 11 is 0. The van der Waals surface area contributed by atoms with Gasteiger partial charge in [0, 0.05) is 33.2 Å². The Kier molecular flexibility index (Phi) is 8.87. The molecule has 9 heteroatoms. The zero-order chi connectivity index (χ0) is 39.6. The van der Waals surface area contributed by atoms with Gasteiger partial charge in [-0.25, -0.2) is 9.97 Å². The summed E-state index contributed by atoms with van der Waals surface area (Å²) in [5, 5.41) is 1.92. The summed E-state index contributed by atoms with van der Waals surface area (Å²) in [5.41, 5.74) is 2.60. The molecule has 0 aliphatic carbocycles. The fourth-order valence-corrected chi connectivity index (χ4v) is 8.10. The van der Waals surface area contributed by atoms with Crippen LogP contribution in [0.5, 0.6) is 0 Å². The van der Waals surface area contributed by atoms with Crippen molar-refractivity contribution in [3.05, 3.63) is 173 Å². The van der Waals surface area contributed by atoms with Crippen LogP contribution in [0, 0.1) is 27.7 Å². The molecular weight excluding hydrogens is 721 g/mol. The number of aromatic nitrogens is 3. The van der Waals surface area contributed by atoms with E-state index in [1.807, 2.05) is 105 Å². The lowest BCUT2D eigenvalue weighted by Gasteiger charge is -2.38. The van der Waals surface area contributed by atoms with Crippen molar-refractivity contribution in [1.82, 2.24) is 14.5 Å². The summed E-state index contributed by atoms with van der Waals surface area (Å²) in [6, 6.07) is 37.2. The van der Waals surface area contributed by atoms with E-state index in [-0.39, 0.29) is 0 Å². The Hall–Kier alpha value is -6.22. The summed E-state index contributed by atoms with van der Waals surface area (Å²) < 4.78 is 94.2. The van der Waals surface area contributed by atoms with Gasteiger partial charge in [-0.15, -0.1) is 0 Å². The lowest BCUT2D eigenvalue weighted by molar-refractivity contribution is -0.288. The summed E-state index contributed by atoms with van der Waals surface area (Å²) in [4.78, 5) is 9.41. The van der Waals surface area contributed by atoms with E-state index < -0.39 is 28.9 Å². The number of rotatable bonds is 6. The predicted octanol–water partition coefficient (Wildman–Crippen LogP) is 13.2. The molecule has 0 bridgehead atoms. The molecule has 0 saturated carbocycles. The average molecular weight is 756 g/mol. The highest BCUT2D eigenvalue weighted by Gasteiger charge is 2.72. The van der Waals surface area contributed by atoms with Crippen LogP contribution in [0.25, 0.3) is 61.4 Å². The van der Waals surface area contributed by atoms with Gasteiger partial charge < -0.3 is 4.57 Å². The Morgan fingerprint density at radius 3 is 1.30 bits per heavy atom. The number of nitrogens with zero attached hydrogens (tertiary/aromatic N) is 3. The van der Waals surface area contributed by atoms with Crippen molar-refractivity contribution in [3.8, 4) is 39.6 Å². The quantitative estimate of drug-likeness (QED) is 0.158. The Labute approximate surface area is 319 Å². The average Bonchev–Trinajstić information content (AvgIpc) is 3.49. The molecule has 0 spiro atoms. The molecule has 0 aliphatic heterocycles. The van der Waals surface area contributed by atoms with Crippen molar-refractivity contribution < 1.29 is 26.3 Å². The fourth-order valence-electron chi connectivity index (χ4n) is 8.10. The van der Waals surface area contributed by atoms with E-state index in [1.54, 1.807) is 6.07 Å². The van der Waals surface area contributed by atoms with E-state index in [9.17, 15) is 0 Å². The van der Waals surface area contributed by atoms with Gasteiger partial charge in [-0.3, -0.25) is 0 Å². The maximum atomic E-state index is 15.4. The van der Waals surface area contributed by atoms with Crippen LogP contribution in [0.4, 0.5) is 26.3 Å². The van der Waals surface area contributed by atoms with Gasteiger partial charge in [0.15, 0.2) is 5.82 Å². The van der Waals surface area contributed by atoms with E-state index in [0.29, 0.717) is 34.0 Å². The van der Waals surface area contributed by atoms with Gasteiger partial charge in [0.1, 0.15) is 0 Å². The van der Waals surface area contributed by atoms with Crippen LogP contribution >= 0.6 is 0 Å². The van der Waals surface area contributed by atoms with Crippen molar-refractivity contribution in [2.75, 3.05) is 0 Å². The number of aryl methyl sites for hydroxylation is 4. The molecule has 0 unspecified atom stereocenters.